The molecule has 2 aromatic heterocycles. The highest BCUT2D eigenvalue weighted by molar-refractivity contribution is 7.12. The van der Waals surface area contributed by atoms with Crippen LogP contribution in [0.4, 0.5) is 0 Å². The molecule has 3 rings (SSSR count). The van der Waals surface area contributed by atoms with E-state index in [1.165, 1.54) is 20.7 Å². The summed E-state index contributed by atoms with van der Waals surface area (Å²) >= 11 is 1.87. The summed E-state index contributed by atoms with van der Waals surface area (Å²) in [6.07, 6.45) is 0. The van der Waals surface area contributed by atoms with Crippen molar-refractivity contribution in [3.63, 3.8) is 0 Å². The van der Waals surface area contributed by atoms with Gasteiger partial charge in [0.05, 0.1) is 11.2 Å². The first-order valence-electron chi connectivity index (χ1n) is 6.84. The number of nitrogens with one attached hydrogen (secondary N) is 1. The van der Waals surface area contributed by atoms with Gasteiger partial charge in [-0.3, -0.25) is 4.98 Å². The van der Waals surface area contributed by atoms with Crippen molar-refractivity contribution >= 4 is 22.2 Å². The molecule has 3 heteroatoms. The minimum atomic E-state index is 0.806. The van der Waals surface area contributed by atoms with E-state index >= 15 is 0 Å². The summed E-state index contributed by atoms with van der Waals surface area (Å²) in [5, 5.41) is 4.67. The Hall–Kier alpha value is -1.71. The van der Waals surface area contributed by atoms with Gasteiger partial charge in [0.15, 0.2) is 0 Å². The van der Waals surface area contributed by atoms with Crippen molar-refractivity contribution in [1.82, 2.24) is 10.3 Å². The van der Waals surface area contributed by atoms with Gasteiger partial charge in [-0.05, 0) is 37.6 Å². The fourth-order valence-corrected chi connectivity index (χ4v) is 3.28. The molecule has 0 amide bonds. The Morgan fingerprint density at radius 2 is 1.90 bits per heavy atom. The molecular formula is C17H18N2S. The first kappa shape index (κ1) is 13.3. The van der Waals surface area contributed by atoms with Gasteiger partial charge in [-0.1, -0.05) is 24.3 Å². The quantitative estimate of drug-likeness (QED) is 0.775. The van der Waals surface area contributed by atoms with Crippen LogP contribution in [0.25, 0.3) is 10.9 Å². The fraction of sp³-hybridized carbons (Fsp3) is 0.235. The predicted octanol–water partition coefficient (Wildman–Crippen LogP) is 4.20. The number of hydrogen-bond donors (Lipinski definition) is 1. The second kappa shape index (κ2) is 5.73. The maximum Gasteiger partial charge on any atom is 0.0705 e. The van der Waals surface area contributed by atoms with Crippen molar-refractivity contribution in [2.45, 2.75) is 26.9 Å². The third-order valence-corrected chi connectivity index (χ3v) is 4.63. The maximum atomic E-state index is 4.67. The Labute approximate surface area is 123 Å². The number of nitrogens with zero attached hydrogens (tertiary/aromatic N) is 1. The Morgan fingerprint density at radius 3 is 2.70 bits per heavy atom. The normalized spacial score (nSPS) is 11.1. The third-order valence-electron chi connectivity index (χ3n) is 3.48. The molecule has 102 valence electrons. The van der Waals surface area contributed by atoms with Gasteiger partial charge in [-0.15, -0.1) is 11.3 Å². The van der Waals surface area contributed by atoms with Crippen molar-refractivity contribution in [1.29, 1.82) is 0 Å². The minimum absolute atomic E-state index is 0.806. The number of hydrogen-bond acceptors (Lipinski definition) is 3. The van der Waals surface area contributed by atoms with Crippen LogP contribution in [-0.2, 0) is 13.1 Å². The molecule has 0 bridgehead atoms. The van der Waals surface area contributed by atoms with Crippen LogP contribution in [0.1, 0.15) is 21.0 Å². The lowest BCUT2D eigenvalue weighted by Crippen LogP contribution is -2.12. The van der Waals surface area contributed by atoms with Crippen LogP contribution in [0.15, 0.2) is 42.5 Å². The number of aromatic nitrogens is 1. The molecule has 0 spiro atoms. The van der Waals surface area contributed by atoms with Crippen molar-refractivity contribution < 1.29 is 0 Å². The van der Waals surface area contributed by atoms with E-state index in [-0.39, 0.29) is 0 Å². The highest BCUT2D eigenvalue weighted by atomic mass is 32.1. The number of aryl methyl sites for hydroxylation is 2. The zero-order chi connectivity index (χ0) is 13.9. The summed E-state index contributed by atoms with van der Waals surface area (Å²) in [6.45, 7) is 6.06. The van der Waals surface area contributed by atoms with Crippen LogP contribution >= 0.6 is 11.3 Å². The topological polar surface area (TPSA) is 24.9 Å². The summed E-state index contributed by atoms with van der Waals surface area (Å²) in [7, 11) is 0. The number of rotatable bonds is 4. The molecule has 1 N–H and O–H groups in total. The van der Waals surface area contributed by atoms with E-state index in [1.54, 1.807) is 0 Å². The maximum absolute atomic E-state index is 4.67. The smallest absolute Gasteiger partial charge is 0.0705 e. The summed E-state index contributed by atoms with van der Waals surface area (Å²) in [6, 6.07) is 14.7. The van der Waals surface area contributed by atoms with Crippen LogP contribution in [0.2, 0.25) is 0 Å². The van der Waals surface area contributed by atoms with E-state index in [0.29, 0.717) is 0 Å². The molecule has 0 aliphatic carbocycles. The molecule has 1 aromatic carbocycles. The van der Waals surface area contributed by atoms with Gasteiger partial charge in [0.1, 0.15) is 0 Å². The largest absolute Gasteiger partial charge is 0.306 e. The molecule has 0 aliphatic heterocycles. The Balaban J connectivity index is 1.64. The molecule has 0 radical (unpaired) electrons. The van der Waals surface area contributed by atoms with E-state index in [2.05, 4.69) is 54.5 Å². The van der Waals surface area contributed by atoms with Crippen molar-refractivity contribution in [3.8, 4) is 0 Å². The van der Waals surface area contributed by atoms with Gasteiger partial charge in [-0.25, -0.2) is 0 Å². The van der Waals surface area contributed by atoms with Gasteiger partial charge >= 0.3 is 0 Å². The van der Waals surface area contributed by atoms with E-state index in [4.69, 9.17) is 0 Å². The summed E-state index contributed by atoms with van der Waals surface area (Å²) in [5.41, 5.74) is 3.54. The fourth-order valence-electron chi connectivity index (χ4n) is 2.26. The average Bonchev–Trinajstić information content (AvgIpc) is 2.77. The molecule has 0 atom stereocenters. The highest BCUT2D eigenvalue weighted by Gasteiger charge is 2.02. The average molecular weight is 282 g/mol. The van der Waals surface area contributed by atoms with Crippen LogP contribution in [0.5, 0.6) is 0 Å². The lowest BCUT2D eigenvalue weighted by Gasteiger charge is -2.04. The molecule has 0 saturated heterocycles. The second-order valence-corrected chi connectivity index (χ2v) is 6.39. The Bertz CT molecular complexity index is 711. The van der Waals surface area contributed by atoms with E-state index in [9.17, 15) is 0 Å². The second-order valence-electron chi connectivity index (χ2n) is 5.05. The van der Waals surface area contributed by atoms with Gasteiger partial charge in [-0.2, -0.15) is 0 Å². The first-order chi connectivity index (χ1) is 9.72. The van der Waals surface area contributed by atoms with Crippen LogP contribution in [0, 0.1) is 13.8 Å². The molecule has 2 heterocycles. The zero-order valence-electron chi connectivity index (χ0n) is 11.8. The SMILES string of the molecule is Cc1cc(CNCc2ccc3ccccc3n2)sc1C. The standard InChI is InChI=1S/C17H18N2S/c1-12-9-16(20-13(12)2)11-18-10-15-8-7-14-5-3-4-6-17(14)19-15/h3-9,18H,10-11H2,1-2H3. The predicted molar refractivity (Wildman–Crippen MR) is 86.1 cm³/mol. The van der Waals surface area contributed by atoms with Crippen LogP contribution in [0.3, 0.4) is 0 Å². The van der Waals surface area contributed by atoms with Gasteiger partial charge < -0.3 is 5.32 Å². The summed E-state index contributed by atoms with van der Waals surface area (Å²) in [5.74, 6) is 0. The van der Waals surface area contributed by atoms with Crippen LogP contribution < -0.4 is 5.32 Å². The van der Waals surface area contributed by atoms with Crippen molar-refractivity contribution in [2.75, 3.05) is 0 Å². The van der Waals surface area contributed by atoms with Gasteiger partial charge in [0.2, 0.25) is 0 Å². The minimum Gasteiger partial charge on any atom is -0.306 e. The highest BCUT2D eigenvalue weighted by Crippen LogP contribution is 2.20. The Morgan fingerprint density at radius 1 is 1.05 bits per heavy atom. The number of fused-ring (bicyclic) bond motifs is 1. The molecule has 0 fully saturated rings. The molecule has 0 unspecified atom stereocenters. The lowest BCUT2D eigenvalue weighted by molar-refractivity contribution is 0.688. The number of pyridine rings is 1. The van der Waals surface area contributed by atoms with E-state index in [0.717, 1.165) is 24.3 Å². The molecule has 20 heavy (non-hydrogen) atoms. The van der Waals surface area contributed by atoms with Gasteiger partial charge in [0.25, 0.3) is 0 Å². The monoisotopic (exact) mass is 282 g/mol. The molecular weight excluding hydrogens is 264 g/mol. The molecule has 2 nitrogen and oxygen atoms in total. The lowest BCUT2D eigenvalue weighted by atomic mass is 10.2. The number of para-hydroxylation sites is 1. The number of benzene rings is 1. The number of thiophene rings is 1. The Kier molecular flexibility index (Phi) is 3.81. The first-order valence-corrected chi connectivity index (χ1v) is 7.65. The third kappa shape index (κ3) is 2.89. The summed E-state index contributed by atoms with van der Waals surface area (Å²) < 4.78 is 0. The summed E-state index contributed by atoms with van der Waals surface area (Å²) in [4.78, 5) is 7.47. The van der Waals surface area contributed by atoms with E-state index < -0.39 is 0 Å². The molecule has 0 saturated carbocycles. The molecule has 0 aliphatic rings. The van der Waals surface area contributed by atoms with Crippen molar-refractivity contribution in [3.05, 3.63) is 63.5 Å². The molecule has 3 aromatic rings. The van der Waals surface area contributed by atoms with Crippen LogP contribution in [-0.4, -0.2) is 4.98 Å². The van der Waals surface area contributed by atoms with Gasteiger partial charge in [0, 0.05) is 28.2 Å². The van der Waals surface area contributed by atoms with E-state index in [1.807, 2.05) is 23.5 Å². The van der Waals surface area contributed by atoms with Crippen molar-refractivity contribution in [2.24, 2.45) is 0 Å². The zero-order valence-corrected chi connectivity index (χ0v) is 12.6.